The van der Waals surface area contributed by atoms with E-state index in [-0.39, 0.29) is 18.0 Å². The molecule has 1 amide bonds. The van der Waals surface area contributed by atoms with Gasteiger partial charge in [-0.15, -0.1) is 0 Å². The van der Waals surface area contributed by atoms with E-state index in [0.29, 0.717) is 4.77 Å². The SMILES string of the molecule is CCn1nc(C)c2[nH]c(=S)n(C(C)C(=O)NC(C)C)c21. The number of nitrogens with one attached hydrogen (secondary N) is 2. The lowest BCUT2D eigenvalue weighted by Gasteiger charge is -2.17. The summed E-state index contributed by atoms with van der Waals surface area (Å²) >= 11 is 5.37. The lowest BCUT2D eigenvalue weighted by Crippen LogP contribution is -2.36. The van der Waals surface area contributed by atoms with E-state index in [0.717, 1.165) is 23.4 Å². The van der Waals surface area contributed by atoms with Crippen LogP contribution in [0.15, 0.2) is 0 Å². The molecule has 0 aliphatic carbocycles. The predicted molar refractivity (Wildman–Crippen MR) is 81.3 cm³/mol. The Kier molecular flexibility index (Phi) is 3.99. The van der Waals surface area contributed by atoms with Crippen molar-refractivity contribution < 1.29 is 4.79 Å². The second-order valence-electron chi connectivity index (χ2n) is 5.24. The number of rotatable bonds is 4. The maximum absolute atomic E-state index is 12.2. The fourth-order valence-corrected chi connectivity index (χ4v) is 2.67. The molecule has 0 saturated heterocycles. The first kappa shape index (κ1) is 14.8. The first-order valence-electron chi connectivity index (χ1n) is 6.84. The summed E-state index contributed by atoms with van der Waals surface area (Å²) in [5.74, 6) is -0.0430. The van der Waals surface area contributed by atoms with Crippen LogP contribution in [0.4, 0.5) is 0 Å². The first-order valence-corrected chi connectivity index (χ1v) is 7.25. The Morgan fingerprint density at radius 1 is 1.45 bits per heavy atom. The number of amides is 1. The van der Waals surface area contributed by atoms with Crippen molar-refractivity contribution in [3.05, 3.63) is 10.5 Å². The molecule has 2 rings (SSSR count). The Balaban J connectivity index is 2.56. The Bertz CT molecular complexity index is 693. The molecule has 7 heteroatoms. The van der Waals surface area contributed by atoms with Gasteiger partial charge in [0.15, 0.2) is 10.4 Å². The van der Waals surface area contributed by atoms with Gasteiger partial charge in [-0.05, 0) is 46.8 Å². The number of hydrogen-bond donors (Lipinski definition) is 2. The molecule has 2 heterocycles. The Labute approximate surface area is 123 Å². The fourth-order valence-electron chi connectivity index (χ4n) is 2.33. The molecular formula is C13H21N5OS. The molecule has 1 atom stereocenters. The van der Waals surface area contributed by atoms with Crippen LogP contribution in [0.3, 0.4) is 0 Å². The van der Waals surface area contributed by atoms with E-state index in [1.54, 1.807) is 0 Å². The van der Waals surface area contributed by atoms with Crippen LogP contribution in [0.2, 0.25) is 0 Å². The Morgan fingerprint density at radius 3 is 2.65 bits per heavy atom. The van der Waals surface area contributed by atoms with Gasteiger partial charge in [0.05, 0.1) is 5.69 Å². The highest BCUT2D eigenvalue weighted by Gasteiger charge is 2.22. The van der Waals surface area contributed by atoms with Crippen molar-refractivity contribution in [2.75, 3.05) is 0 Å². The third-order valence-electron chi connectivity index (χ3n) is 3.28. The van der Waals surface area contributed by atoms with Gasteiger partial charge in [0.2, 0.25) is 5.91 Å². The van der Waals surface area contributed by atoms with Crippen LogP contribution in [-0.4, -0.2) is 31.3 Å². The number of carbonyl (C=O) groups is 1. The number of hydrogen-bond acceptors (Lipinski definition) is 3. The van der Waals surface area contributed by atoms with Crippen LogP contribution in [0.25, 0.3) is 11.2 Å². The molecule has 20 heavy (non-hydrogen) atoms. The minimum Gasteiger partial charge on any atom is -0.352 e. The number of nitrogens with zero attached hydrogens (tertiary/aromatic N) is 3. The normalized spacial score (nSPS) is 13.1. The lowest BCUT2D eigenvalue weighted by atomic mass is 10.2. The molecule has 2 aromatic rings. The number of aromatic amines is 1. The monoisotopic (exact) mass is 295 g/mol. The molecule has 1 unspecified atom stereocenters. The van der Waals surface area contributed by atoms with Crippen molar-refractivity contribution in [2.24, 2.45) is 0 Å². The first-order chi connectivity index (χ1) is 9.36. The van der Waals surface area contributed by atoms with Crippen molar-refractivity contribution >= 4 is 29.3 Å². The summed E-state index contributed by atoms with van der Waals surface area (Å²) in [6.45, 7) is 10.4. The lowest BCUT2D eigenvalue weighted by molar-refractivity contribution is -0.124. The van der Waals surface area contributed by atoms with E-state index in [1.807, 2.05) is 43.9 Å². The summed E-state index contributed by atoms with van der Waals surface area (Å²) < 4.78 is 4.26. The second kappa shape index (κ2) is 5.40. The maximum Gasteiger partial charge on any atom is 0.243 e. The topological polar surface area (TPSA) is 67.6 Å². The quantitative estimate of drug-likeness (QED) is 0.851. The van der Waals surface area contributed by atoms with Crippen molar-refractivity contribution in [2.45, 2.75) is 53.2 Å². The summed E-state index contributed by atoms with van der Waals surface area (Å²) in [5.41, 5.74) is 2.67. The highest BCUT2D eigenvalue weighted by molar-refractivity contribution is 7.71. The molecule has 110 valence electrons. The zero-order chi connectivity index (χ0) is 15.0. The van der Waals surface area contributed by atoms with Gasteiger partial charge in [0.25, 0.3) is 0 Å². The van der Waals surface area contributed by atoms with Gasteiger partial charge < -0.3 is 10.3 Å². The largest absolute Gasteiger partial charge is 0.352 e. The smallest absolute Gasteiger partial charge is 0.243 e. The average molecular weight is 295 g/mol. The standard InChI is InChI=1S/C13H21N5OS/c1-6-17-12-10(8(4)16-17)15-13(20)18(12)9(5)11(19)14-7(2)3/h7,9H,6H2,1-5H3,(H,14,19)(H,15,20). The molecule has 0 bridgehead atoms. The van der Waals surface area contributed by atoms with E-state index in [4.69, 9.17) is 12.2 Å². The van der Waals surface area contributed by atoms with Crippen molar-refractivity contribution in [3.63, 3.8) is 0 Å². The number of fused-ring (bicyclic) bond motifs is 1. The zero-order valence-corrected chi connectivity index (χ0v) is 13.3. The highest BCUT2D eigenvalue weighted by Crippen LogP contribution is 2.22. The second-order valence-corrected chi connectivity index (χ2v) is 5.63. The van der Waals surface area contributed by atoms with Crippen LogP contribution in [0, 0.1) is 11.7 Å². The van der Waals surface area contributed by atoms with Gasteiger partial charge >= 0.3 is 0 Å². The molecule has 0 aliphatic heterocycles. The highest BCUT2D eigenvalue weighted by atomic mass is 32.1. The van der Waals surface area contributed by atoms with E-state index in [1.165, 1.54) is 0 Å². The minimum atomic E-state index is -0.375. The summed E-state index contributed by atoms with van der Waals surface area (Å²) in [5, 5.41) is 7.38. The summed E-state index contributed by atoms with van der Waals surface area (Å²) in [6.07, 6.45) is 0. The van der Waals surface area contributed by atoms with Crippen LogP contribution in [0.1, 0.15) is 39.4 Å². The summed E-state index contributed by atoms with van der Waals surface area (Å²) in [4.78, 5) is 15.4. The molecule has 0 radical (unpaired) electrons. The number of aryl methyl sites for hydroxylation is 2. The van der Waals surface area contributed by atoms with Gasteiger partial charge in [-0.25, -0.2) is 4.68 Å². The van der Waals surface area contributed by atoms with Gasteiger partial charge in [0, 0.05) is 12.6 Å². The van der Waals surface area contributed by atoms with E-state index < -0.39 is 0 Å². The van der Waals surface area contributed by atoms with E-state index in [2.05, 4.69) is 15.4 Å². The molecule has 0 fully saturated rings. The average Bonchev–Trinajstić information content (AvgIpc) is 2.85. The molecular weight excluding hydrogens is 274 g/mol. The number of carbonyl (C=O) groups excluding carboxylic acids is 1. The van der Waals surface area contributed by atoms with Crippen LogP contribution < -0.4 is 5.32 Å². The molecule has 2 aromatic heterocycles. The van der Waals surface area contributed by atoms with E-state index >= 15 is 0 Å². The number of aromatic nitrogens is 4. The summed E-state index contributed by atoms with van der Waals surface area (Å²) in [7, 11) is 0. The van der Waals surface area contributed by atoms with Crippen LogP contribution in [0.5, 0.6) is 0 Å². The van der Waals surface area contributed by atoms with Gasteiger partial charge in [0.1, 0.15) is 11.6 Å². The molecule has 0 spiro atoms. The van der Waals surface area contributed by atoms with Crippen molar-refractivity contribution in [1.29, 1.82) is 0 Å². The number of H-pyrrole nitrogens is 1. The number of imidazole rings is 1. The van der Waals surface area contributed by atoms with Crippen molar-refractivity contribution in [1.82, 2.24) is 24.6 Å². The van der Waals surface area contributed by atoms with Gasteiger partial charge in [-0.2, -0.15) is 5.10 Å². The summed E-state index contributed by atoms with van der Waals surface area (Å²) in [6, 6.07) is -0.272. The Morgan fingerprint density at radius 2 is 2.10 bits per heavy atom. The molecule has 0 saturated carbocycles. The predicted octanol–water partition coefficient (Wildman–Crippen LogP) is 2.31. The minimum absolute atomic E-state index is 0.0430. The Hall–Kier alpha value is -1.63. The third kappa shape index (κ3) is 2.37. The van der Waals surface area contributed by atoms with Crippen LogP contribution in [-0.2, 0) is 11.3 Å². The molecule has 0 aliphatic rings. The third-order valence-corrected chi connectivity index (χ3v) is 3.58. The molecule has 2 N–H and O–H groups in total. The fraction of sp³-hybridized carbons (Fsp3) is 0.615. The van der Waals surface area contributed by atoms with Gasteiger partial charge in [-0.3, -0.25) is 9.36 Å². The zero-order valence-electron chi connectivity index (χ0n) is 12.5. The van der Waals surface area contributed by atoms with Crippen LogP contribution >= 0.6 is 12.2 Å². The van der Waals surface area contributed by atoms with Crippen molar-refractivity contribution in [3.8, 4) is 0 Å². The maximum atomic E-state index is 12.2. The van der Waals surface area contributed by atoms with Gasteiger partial charge in [-0.1, -0.05) is 0 Å². The molecule has 6 nitrogen and oxygen atoms in total. The van der Waals surface area contributed by atoms with E-state index in [9.17, 15) is 4.79 Å². The molecule has 0 aromatic carbocycles.